The van der Waals surface area contributed by atoms with Crippen molar-refractivity contribution in [2.75, 3.05) is 6.61 Å². The van der Waals surface area contributed by atoms with Crippen LogP contribution in [0.4, 0.5) is 0 Å². The van der Waals surface area contributed by atoms with Crippen LogP contribution < -0.4 is 5.56 Å². The van der Waals surface area contributed by atoms with Crippen molar-refractivity contribution in [3.63, 3.8) is 0 Å². The first-order valence-corrected chi connectivity index (χ1v) is 13.6. The van der Waals surface area contributed by atoms with Crippen molar-refractivity contribution in [2.45, 2.75) is 24.5 Å². The molecule has 13 heteroatoms. The Labute approximate surface area is 261 Å². The zero-order chi connectivity index (χ0) is 33.6. The second-order valence-electron chi connectivity index (χ2n) is 9.47. The minimum absolute atomic E-state index is 0.331. The summed E-state index contributed by atoms with van der Waals surface area (Å²) in [6.45, 7) is -0.433. The lowest BCUT2D eigenvalue weighted by molar-refractivity contribution is -0.0541. The van der Waals surface area contributed by atoms with Gasteiger partial charge in [-0.15, -0.1) is 0 Å². The minimum Gasteiger partial charge on any atom is -0.478 e. The minimum atomic E-state index is -1.28. The number of carbonyl (C=O) groups is 3. The Morgan fingerprint density at radius 1 is 0.652 bits per heavy atom. The van der Waals surface area contributed by atoms with Gasteiger partial charge in [-0.25, -0.2) is 14.4 Å². The standard InChI is InChI=1S/C12H13NO6.3C7H6O2/c14-5-8-9(15)10(16)12(19-8)13-3-1-7-6(11(13)17)2-4-18-7;3*8-7(9)6-4-2-1-3-5-6/h1-4,8-10,12,14-16H,5H2;3*1-5H,(H,8,9)/t8-,9-,10-,12-;;;/m1.../s1. The first-order chi connectivity index (χ1) is 22.0. The van der Waals surface area contributed by atoms with E-state index in [1.165, 1.54) is 23.1 Å². The predicted octanol–water partition coefficient (Wildman–Crippen LogP) is 3.36. The number of pyridine rings is 1. The monoisotopic (exact) mass is 633 g/mol. The Hall–Kier alpha value is -5.60. The number of rotatable bonds is 5. The molecule has 0 aliphatic carbocycles. The zero-order valence-corrected chi connectivity index (χ0v) is 24.1. The van der Waals surface area contributed by atoms with Gasteiger partial charge in [0.2, 0.25) is 0 Å². The van der Waals surface area contributed by atoms with Crippen LogP contribution in [-0.4, -0.2) is 78.0 Å². The molecular formula is C33H31NO12. The van der Waals surface area contributed by atoms with Crippen LogP contribution in [0.25, 0.3) is 11.0 Å². The quantitative estimate of drug-likeness (QED) is 0.164. The fraction of sp³-hybridized carbons (Fsp3) is 0.152. The molecule has 1 fully saturated rings. The summed E-state index contributed by atoms with van der Waals surface area (Å²) in [5.41, 5.74) is 1.04. The number of aromatic carboxylic acids is 3. The molecule has 13 nitrogen and oxygen atoms in total. The van der Waals surface area contributed by atoms with Crippen LogP contribution in [-0.2, 0) is 4.74 Å². The average Bonchev–Trinajstić information content (AvgIpc) is 3.68. The number of fused-ring (bicyclic) bond motifs is 1. The topological polar surface area (TPSA) is 217 Å². The summed E-state index contributed by atoms with van der Waals surface area (Å²) in [5.74, 6) is -2.64. The number of nitrogens with zero attached hydrogens (tertiary/aromatic N) is 1. The van der Waals surface area contributed by atoms with Crippen molar-refractivity contribution in [2.24, 2.45) is 0 Å². The van der Waals surface area contributed by atoms with Gasteiger partial charge in [-0.05, 0) is 48.5 Å². The zero-order valence-electron chi connectivity index (χ0n) is 24.1. The highest BCUT2D eigenvalue weighted by Crippen LogP contribution is 2.28. The molecule has 1 aliphatic heterocycles. The lowest BCUT2D eigenvalue weighted by atomic mass is 10.1. The Morgan fingerprint density at radius 2 is 1.09 bits per heavy atom. The van der Waals surface area contributed by atoms with Gasteiger partial charge < -0.3 is 39.8 Å². The molecule has 0 radical (unpaired) electrons. The van der Waals surface area contributed by atoms with Crippen LogP contribution >= 0.6 is 0 Å². The van der Waals surface area contributed by atoms with Crippen LogP contribution in [0, 0.1) is 0 Å². The Bertz CT molecular complexity index is 1640. The van der Waals surface area contributed by atoms with Gasteiger partial charge in [0.05, 0.1) is 34.9 Å². The molecule has 2 aromatic heterocycles. The Morgan fingerprint density at radius 3 is 1.43 bits per heavy atom. The first kappa shape index (κ1) is 34.9. The summed E-state index contributed by atoms with van der Waals surface area (Å²) in [5, 5.41) is 54.1. The number of hydrogen-bond acceptors (Lipinski definition) is 9. The summed E-state index contributed by atoms with van der Waals surface area (Å²) >= 11 is 0. The number of ether oxygens (including phenoxy) is 1. The van der Waals surface area contributed by atoms with Crippen molar-refractivity contribution in [3.05, 3.63) is 143 Å². The largest absolute Gasteiger partial charge is 0.478 e. The highest BCUT2D eigenvalue weighted by atomic mass is 16.6. The normalized spacial score (nSPS) is 18.1. The molecule has 5 aromatic rings. The molecule has 6 rings (SSSR count). The van der Waals surface area contributed by atoms with Gasteiger partial charge in [0, 0.05) is 6.20 Å². The van der Waals surface area contributed by atoms with Crippen LogP contribution in [0.15, 0.2) is 125 Å². The summed E-state index contributed by atoms with van der Waals surface area (Å²) in [6.07, 6.45) is -1.63. The van der Waals surface area contributed by atoms with E-state index in [4.69, 9.17) is 29.6 Å². The average molecular weight is 634 g/mol. The third-order valence-electron chi connectivity index (χ3n) is 6.40. The van der Waals surface area contributed by atoms with Crippen LogP contribution in [0.5, 0.6) is 0 Å². The molecule has 0 saturated carbocycles. The molecule has 240 valence electrons. The van der Waals surface area contributed by atoms with Crippen LogP contribution in [0.1, 0.15) is 37.3 Å². The van der Waals surface area contributed by atoms with Crippen molar-refractivity contribution < 1.29 is 54.2 Å². The Balaban J connectivity index is 0.000000181. The van der Waals surface area contributed by atoms with Gasteiger partial charge in [0.1, 0.15) is 23.9 Å². The van der Waals surface area contributed by atoms with Gasteiger partial charge in [0.15, 0.2) is 6.23 Å². The molecule has 3 heterocycles. The smallest absolute Gasteiger partial charge is 0.335 e. The maximum absolute atomic E-state index is 12.2. The molecule has 1 aliphatic rings. The van der Waals surface area contributed by atoms with Crippen LogP contribution in [0.3, 0.4) is 0 Å². The number of aliphatic hydroxyl groups excluding tert-OH is 3. The summed E-state index contributed by atoms with van der Waals surface area (Å²) in [4.78, 5) is 42.8. The maximum atomic E-state index is 12.2. The lowest BCUT2D eigenvalue weighted by Crippen LogP contribution is -2.35. The number of aliphatic hydroxyl groups is 3. The van der Waals surface area contributed by atoms with E-state index < -0.39 is 49.1 Å². The molecule has 1 saturated heterocycles. The molecule has 4 atom stereocenters. The lowest BCUT2D eigenvalue weighted by Gasteiger charge is -2.17. The van der Waals surface area contributed by atoms with E-state index in [2.05, 4.69) is 0 Å². The van der Waals surface area contributed by atoms with E-state index in [9.17, 15) is 29.4 Å². The van der Waals surface area contributed by atoms with E-state index in [1.807, 2.05) is 0 Å². The van der Waals surface area contributed by atoms with Gasteiger partial charge in [-0.3, -0.25) is 9.36 Å². The molecular weight excluding hydrogens is 602 g/mol. The number of benzene rings is 3. The number of carboxylic acid groups (broad SMARTS) is 3. The second-order valence-corrected chi connectivity index (χ2v) is 9.47. The first-order valence-electron chi connectivity index (χ1n) is 13.6. The fourth-order valence-corrected chi connectivity index (χ4v) is 4.03. The number of hydrogen-bond donors (Lipinski definition) is 6. The third kappa shape index (κ3) is 9.45. The maximum Gasteiger partial charge on any atom is 0.335 e. The van der Waals surface area contributed by atoms with Crippen LogP contribution in [0.2, 0.25) is 0 Å². The second kappa shape index (κ2) is 17.0. The molecule has 0 bridgehead atoms. The van der Waals surface area contributed by atoms with Gasteiger partial charge in [-0.2, -0.15) is 0 Å². The van der Waals surface area contributed by atoms with Gasteiger partial charge in [-0.1, -0.05) is 54.6 Å². The highest BCUT2D eigenvalue weighted by Gasteiger charge is 2.43. The summed E-state index contributed by atoms with van der Waals surface area (Å²) < 4.78 is 11.6. The van der Waals surface area contributed by atoms with Gasteiger partial charge >= 0.3 is 17.9 Å². The van der Waals surface area contributed by atoms with E-state index in [1.54, 1.807) is 97.1 Å². The molecule has 0 unspecified atom stereocenters. The highest BCUT2D eigenvalue weighted by molar-refractivity contribution is 5.88. The summed E-state index contributed by atoms with van der Waals surface area (Å²) in [7, 11) is 0. The predicted molar refractivity (Wildman–Crippen MR) is 164 cm³/mol. The van der Waals surface area contributed by atoms with Crippen molar-refractivity contribution in [1.29, 1.82) is 0 Å². The summed E-state index contributed by atoms with van der Waals surface area (Å²) in [6, 6.07) is 28.0. The molecule has 46 heavy (non-hydrogen) atoms. The number of carboxylic acids is 3. The molecule has 6 N–H and O–H groups in total. The van der Waals surface area contributed by atoms with Gasteiger partial charge in [0.25, 0.3) is 5.56 Å². The van der Waals surface area contributed by atoms with E-state index in [-0.39, 0.29) is 5.56 Å². The Kier molecular flexibility index (Phi) is 12.9. The molecule has 0 spiro atoms. The SMILES string of the molecule is O=C(O)c1ccccc1.O=C(O)c1ccccc1.O=C(O)c1ccccc1.O=c1c2ccoc2ccn1[C@@H]1O[C@H](CO)[C@@H](O)[C@H]1O. The molecule has 0 amide bonds. The van der Waals surface area contributed by atoms with Crippen molar-refractivity contribution in [1.82, 2.24) is 4.57 Å². The van der Waals surface area contributed by atoms with E-state index in [0.29, 0.717) is 27.7 Å². The fourth-order valence-electron chi connectivity index (χ4n) is 4.03. The molecule has 3 aromatic carbocycles. The van der Waals surface area contributed by atoms with Crippen molar-refractivity contribution >= 4 is 28.9 Å². The third-order valence-corrected chi connectivity index (χ3v) is 6.40. The number of aromatic nitrogens is 1. The number of furan rings is 1. The van der Waals surface area contributed by atoms with Crippen molar-refractivity contribution in [3.8, 4) is 0 Å². The van der Waals surface area contributed by atoms with E-state index in [0.717, 1.165) is 0 Å². The van der Waals surface area contributed by atoms with E-state index >= 15 is 0 Å².